The van der Waals surface area contributed by atoms with E-state index in [2.05, 4.69) is 4.98 Å². The number of carbonyl (C=O) groups excluding carboxylic acids is 1. The van der Waals surface area contributed by atoms with Crippen molar-refractivity contribution in [3.8, 4) is 0 Å². The van der Waals surface area contributed by atoms with Gasteiger partial charge in [0.25, 0.3) is 0 Å². The van der Waals surface area contributed by atoms with Crippen LogP contribution >= 0.6 is 0 Å². The monoisotopic (exact) mass is 211 g/mol. The first-order chi connectivity index (χ1) is 6.99. The third kappa shape index (κ3) is 2.11. The molecule has 0 aliphatic carbocycles. The molecule has 0 atom stereocenters. The van der Waals surface area contributed by atoms with E-state index in [-0.39, 0.29) is 11.7 Å². The van der Waals surface area contributed by atoms with Crippen LogP contribution in [-0.2, 0) is 4.74 Å². The molecule has 15 heavy (non-hydrogen) atoms. The van der Waals surface area contributed by atoms with E-state index in [1.807, 2.05) is 25.3 Å². The average molecular weight is 211 g/mol. The number of carbonyl (C=O) groups is 1. The molecule has 0 fully saturated rings. The second-order valence-corrected chi connectivity index (χ2v) is 3.58. The Kier molecular flexibility index (Phi) is 3.34. The summed E-state index contributed by atoms with van der Waals surface area (Å²) in [6.45, 7) is 7.87. The topological polar surface area (TPSA) is 70.1 Å². The van der Waals surface area contributed by atoms with E-state index in [9.17, 15) is 4.79 Å². The van der Waals surface area contributed by atoms with Crippen molar-refractivity contribution in [2.24, 2.45) is 0 Å². The third-order valence-electron chi connectivity index (χ3n) is 2.11. The van der Waals surface area contributed by atoms with Gasteiger partial charge < -0.3 is 15.0 Å². The molecule has 5 heteroatoms. The first-order valence-corrected chi connectivity index (χ1v) is 5.00. The minimum Gasteiger partial charge on any atom is -0.461 e. The maximum absolute atomic E-state index is 11.5. The van der Waals surface area contributed by atoms with Gasteiger partial charge in [-0.15, -0.1) is 0 Å². The maximum Gasteiger partial charge on any atom is 0.360 e. The van der Waals surface area contributed by atoms with Crippen LogP contribution in [0, 0.1) is 6.92 Å². The van der Waals surface area contributed by atoms with Crippen molar-refractivity contribution in [3.63, 3.8) is 0 Å². The van der Waals surface area contributed by atoms with Crippen LogP contribution in [0.15, 0.2) is 0 Å². The number of aryl methyl sites for hydroxylation is 1. The quantitative estimate of drug-likeness (QED) is 0.770. The fourth-order valence-corrected chi connectivity index (χ4v) is 1.56. The van der Waals surface area contributed by atoms with Gasteiger partial charge in [-0.3, -0.25) is 0 Å². The fraction of sp³-hybridized carbons (Fsp3) is 0.600. The number of hydrogen-bond acceptors (Lipinski definition) is 4. The second-order valence-electron chi connectivity index (χ2n) is 3.58. The molecule has 1 rings (SSSR count). The largest absolute Gasteiger partial charge is 0.461 e. The normalized spacial score (nSPS) is 10.7. The number of hydrogen-bond donors (Lipinski definition) is 1. The predicted molar refractivity (Wildman–Crippen MR) is 57.7 cm³/mol. The summed E-state index contributed by atoms with van der Waals surface area (Å²) in [5.74, 6) is 0.643. The zero-order chi connectivity index (χ0) is 11.6. The summed E-state index contributed by atoms with van der Waals surface area (Å²) in [7, 11) is 0. The molecule has 1 heterocycles. The Labute approximate surface area is 89.2 Å². The van der Waals surface area contributed by atoms with Gasteiger partial charge in [0.05, 0.1) is 6.61 Å². The first kappa shape index (κ1) is 11.6. The van der Waals surface area contributed by atoms with Crippen molar-refractivity contribution < 1.29 is 9.53 Å². The van der Waals surface area contributed by atoms with Crippen LogP contribution in [0.2, 0.25) is 0 Å². The van der Waals surface area contributed by atoms with Gasteiger partial charge in [0, 0.05) is 6.04 Å². The highest BCUT2D eigenvalue weighted by Gasteiger charge is 2.20. The Bertz CT molecular complexity index is 369. The SMILES string of the molecule is CCOC(=O)c1nc(C)n(C(C)C)c1N. The summed E-state index contributed by atoms with van der Waals surface area (Å²) in [6.07, 6.45) is 0. The number of anilines is 1. The number of nitrogens with two attached hydrogens (primary N) is 1. The summed E-state index contributed by atoms with van der Waals surface area (Å²) in [5, 5.41) is 0. The zero-order valence-electron chi connectivity index (χ0n) is 9.57. The molecule has 0 aromatic carbocycles. The first-order valence-electron chi connectivity index (χ1n) is 5.00. The van der Waals surface area contributed by atoms with Gasteiger partial charge in [0.1, 0.15) is 11.6 Å². The van der Waals surface area contributed by atoms with E-state index >= 15 is 0 Å². The van der Waals surface area contributed by atoms with E-state index in [1.54, 1.807) is 6.92 Å². The smallest absolute Gasteiger partial charge is 0.360 e. The van der Waals surface area contributed by atoms with Crippen LogP contribution in [-0.4, -0.2) is 22.1 Å². The molecule has 1 aromatic heterocycles. The molecular weight excluding hydrogens is 194 g/mol. The van der Waals surface area contributed by atoms with E-state index in [0.717, 1.165) is 5.82 Å². The standard InChI is InChI=1S/C10H17N3O2/c1-5-15-10(14)8-9(11)13(6(2)3)7(4)12-8/h6H,5,11H2,1-4H3. The molecule has 84 valence electrons. The summed E-state index contributed by atoms with van der Waals surface area (Å²) < 4.78 is 6.67. The molecule has 2 N–H and O–H groups in total. The lowest BCUT2D eigenvalue weighted by Gasteiger charge is -2.11. The Morgan fingerprint density at radius 2 is 2.20 bits per heavy atom. The number of imidazole rings is 1. The van der Waals surface area contributed by atoms with Gasteiger partial charge in [-0.25, -0.2) is 9.78 Å². The van der Waals surface area contributed by atoms with E-state index in [4.69, 9.17) is 10.5 Å². The molecule has 0 saturated heterocycles. The Morgan fingerprint density at radius 3 is 2.60 bits per heavy atom. The highest BCUT2D eigenvalue weighted by atomic mass is 16.5. The average Bonchev–Trinajstić information content (AvgIpc) is 2.42. The number of rotatable bonds is 3. The molecule has 0 amide bonds. The maximum atomic E-state index is 11.5. The molecule has 0 spiro atoms. The van der Waals surface area contributed by atoms with Crippen molar-refractivity contribution in [1.82, 2.24) is 9.55 Å². The lowest BCUT2D eigenvalue weighted by molar-refractivity contribution is 0.0521. The number of aromatic nitrogens is 2. The molecule has 0 radical (unpaired) electrons. The van der Waals surface area contributed by atoms with Crippen LogP contribution in [0.25, 0.3) is 0 Å². The van der Waals surface area contributed by atoms with Crippen molar-refractivity contribution in [2.45, 2.75) is 33.7 Å². The van der Waals surface area contributed by atoms with E-state index in [1.165, 1.54) is 0 Å². The molecule has 5 nitrogen and oxygen atoms in total. The Morgan fingerprint density at radius 1 is 1.60 bits per heavy atom. The van der Waals surface area contributed by atoms with Crippen molar-refractivity contribution >= 4 is 11.8 Å². The van der Waals surface area contributed by atoms with Crippen LogP contribution in [0.3, 0.4) is 0 Å². The van der Waals surface area contributed by atoms with Gasteiger partial charge in [-0.05, 0) is 27.7 Å². The molecule has 0 saturated carbocycles. The number of ether oxygens (including phenoxy) is 1. The molecule has 0 bridgehead atoms. The number of esters is 1. The van der Waals surface area contributed by atoms with Crippen molar-refractivity contribution in [2.75, 3.05) is 12.3 Å². The second kappa shape index (κ2) is 4.33. The van der Waals surface area contributed by atoms with Gasteiger partial charge in [0.15, 0.2) is 5.69 Å². The lowest BCUT2D eigenvalue weighted by Crippen LogP contribution is -2.11. The highest BCUT2D eigenvalue weighted by Crippen LogP contribution is 2.20. The molecule has 0 unspecified atom stereocenters. The third-order valence-corrected chi connectivity index (χ3v) is 2.11. The van der Waals surface area contributed by atoms with Crippen LogP contribution in [0.5, 0.6) is 0 Å². The number of nitrogen functional groups attached to an aromatic ring is 1. The van der Waals surface area contributed by atoms with Gasteiger partial charge in [-0.1, -0.05) is 0 Å². The van der Waals surface area contributed by atoms with Crippen molar-refractivity contribution in [3.05, 3.63) is 11.5 Å². The van der Waals surface area contributed by atoms with E-state index < -0.39 is 5.97 Å². The summed E-state index contributed by atoms with van der Waals surface area (Å²) in [4.78, 5) is 15.6. The molecular formula is C10H17N3O2. The zero-order valence-corrected chi connectivity index (χ0v) is 9.57. The Hall–Kier alpha value is -1.52. The predicted octanol–water partition coefficient (Wildman–Crippen LogP) is 1.53. The summed E-state index contributed by atoms with van der Waals surface area (Å²) in [6, 6.07) is 0.181. The van der Waals surface area contributed by atoms with Crippen LogP contribution < -0.4 is 5.73 Å². The fourth-order valence-electron chi connectivity index (χ4n) is 1.56. The summed E-state index contributed by atoms with van der Waals surface area (Å²) in [5.41, 5.74) is 6.05. The van der Waals surface area contributed by atoms with Crippen LogP contribution in [0.4, 0.5) is 5.82 Å². The molecule has 1 aromatic rings. The highest BCUT2D eigenvalue weighted by molar-refractivity contribution is 5.92. The van der Waals surface area contributed by atoms with Gasteiger partial charge >= 0.3 is 5.97 Å². The summed E-state index contributed by atoms with van der Waals surface area (Å²) >= 11 is 0. The minimum atomic E-state index is -0.461. The molecule has 0 aliphatic heterocycles. The van der Waals surface area contributed by atoms with Crippen molar-refractivity contribution in [1.29, 1.82) is 0 Å². The minimum absolute atomic E-state index is 0.181. The lowest BCUT2D eigenvalue weighted by atomic mass is 10.3. The van der Waals surface area contributed by atoms with Gasteiger partial charge in [0.2, 0.25) is 0 Å². The van der Waals surface area contributed by atoms with E-state index in [0.29, 0.717) is 12.4 Å². The molecule has 0 aliphatic rings. The van der Waals surface area contributed by atoms with Crippen LogP contribution in [0.1, 0.15) is 43.1 Å². The Balaban J connectivity index is 3.12. The van der Waals surface area contributed by atoms with Gasteiger partial charge in [-0.2, -0.15) is 0 Å². The number of nitrogens with zero attached hydrogens (tertiary/aromatic N) is 2.